The summed E-state index contributed by atoms with van der Waals surface area (Å²) in [6.07, 6.45) is 3.51. The minimum Gasteiger partial charge on any atom is -0.468 e. The quantitative estimate of drug-likeness (QED) is 0.748. The zero-order valence-corrected chi connectivity index (χ0v) is 11.4. The first-order valence-electron chi connectivity index (χ1n) is 6.90. The van der Waals surface area contributed by atoms with Crippen molar-refractivity contribution < 1.29 is 19.0 Å². The highest BCUT2D eigenvalue weighted by Crippen LogP contribution is 2.13. The van der Waals surface area contributed by atoms with E-state index in [1.165, 1.54) is 0 Å². The topological polar surface area (TPSA) is 63.9 Å². The number of aliphatic hydroxyl groups excluding tert-OH is 1. The van der Waals surface area contributed by atoms with E-state index in [0.29, 0.717) is 19.8 Å². The maximum Gasteiger partial charge on any atom is 0.120 e. The lowest BCUT2D eigenvalue weighted by atomic mass is 10.2. The van der Waals surface area contributed by atoms with Crippen LogP contribution in [-0.4, -0.2) is 43.7 Å². The van der Waals surface area contributed by atoms with Gasteiger partial charge in [-0.25, -0.2) is 0 Å². The molecule has 3 unspecified atom stereocenters. The zero-order chi connectivity index (χ0) is 13.5. The van der Waals surface area contributed by atoms with Gasteiger partial charge in [-0.1, -0.05) is 0 Å². The largest absolute Gasteiger partial charge is 0.468 e. The van der Waals surface area contributed by atoms with Crippen molar-refractivity contribution in [3.05, 3.63) is 24.2 Å². The number of hydrogen-bond donors (Lipinski definition) is 2. The third-order valence-corrected chi connectivity index (χ3v) is 3.27. The van der Waals surface area contributed by atoms with E-state index < -0.39 is 6.10 Å². The van der Waals surface area contributed by atoms with Gasteiger partial charge in [-0.15, -0.1) is 0 Å². The summed E-state index contributed by atoms with van der Waals surface area (Å²) in [5, 5.41) is 13.0. The molecule has 0 aromatic carbocycles. The van der Waals surface area contributed by atoms with E-state index in [0.717, 1.165) is 25.2 Å². The Morgan fingerprint density at radius 1 is 1.58 bits per heavy atom. The van der Waals surface area contributed by atoms with Crippen LogP contribution in [0.3, 0.4) is 0 Å². The van der Waals surface area contributed by atoms with E-state index in [1.54, 1.807) is 6.26 Å². The lowest BCUT2D eigenvalue weighted by Crippen LogP contribution is -2.32. The Labute approximate surface area is 113 Å². The number of ether oxygens (including phenoxy) is 2. The minimum atomic E-state index is -0.515. The predicted molar refractivity (Wildman–Crippen MR) is 70.9 cm³/mol. The van der Waals surface area contributed by atoms with Crippen LogP contribution in [0.5, 0.6) is 0 Å². The summed E-state index contributed by atoms with van der Waals surface area (Å²) in [6.45, 7) is 4.22. The Hall–Kier alpha value is -0.880. The second kappa shape index (κ2) is 7.65. The molecule has 0 aliphatic carbocycles. The SMILES string of the molecule is CC(NCC(O)COCC1CCCO1)c1ccco1. The van der Waals surface area contributed by atoms with Gasteiger partial charge in [-0.3, -0.25) is 0 Å². The normalized spacial score (nSPS) is 22.5. The molecule has 0 bridgehead atoms. The van der Waals surface area contributed by atoms with Gasteiger partial charge in [-0.2, -0.15) is 0 Å². The van der Waals surface area contributed by atoms with Gasteiger partial charge in [0.25, 0.3) is 0 Å². The van der Waals surface area contributed by atoms with Crippen LogP contribution in [0, 0.1) is 0 Å². The summed E-state index contributed by atoms with van der Waals surface area (Å²) < 4.78 is 16.2. The molecule has 1 aromatic heterocycles. The second-order valence-corrected chi connectivity index (χ2v) is 4.97. The minimum absolute atomic E-state index is 0.0859. The summed E-state index contributed by atoms with van der Waals surface area (Å²) in [5.41, 5.74) is 0. The van der Waals surface area contributed by atoms with Gasteiger partial charge in [-0.05, 0) is 31.9 Å². The third kappa shape index (κ3) is 4.95. The first-order valence-corrected chi connectivity index (χ1v) is 6.90. The number of hydrogen-bond acceptors (Lipinski definition) is 5. The fraction of sp³-hybridized carbons (Fsp3) is 0.714. The Morgan fingerprint density at radius 3 is 3.16 bits per heavy atom. The third-order valence-electron chi connectivity index (χ3n) is 3.27. The fourth-order valence-corrected chi connectivity index (χ4v) is 2.12. The van der Waals surface area contributed by atoms with Crippen molar-refractivity contribution >= 4 is 0 Å². The van der Waals surface area contributed by atoms with Crippen molar-refractivity contribution in [3.8, 4) is 0 Å². The molecule has 1 aromatic rings. The maximum atomic E-state index is 9.81. The van der Waals surface area contributed by atoms with Crippen LogP contribution < -0.4 is 5.32 Å². The molecule has 0 radical (unpaired) electrons. The number of aliphatic hydroxyl groups is 1. The first-order chi connectivity index (χ1) is 9.25. The van der Waals surface area contributed by atoms with Crippen molar-refractivity contribution in [2.75, 3.05) is 26.4 Å². The molecule has 1 aliphatic rings. The van der Waals surface area contributed by atoms with E-state index >= 15 is 0 Å². The molecular weight excluding hydrogens is 246 g/mol. The van der Waals surface area contributed by atoms with Gasteiger partial charge in [0.2, 0.25) is 0 Å². The molecule has 0 saturated carbocycles. The average Bonchev–Trinajstić information content (AvgIpc) is 3.08. The van der Waals surface area contributed by atoms with Crippen LogP contribution >= 0.6 is 0 Å². The molecule has 0 amide bonds. The Morgan fingerprint density at radius 2 is 2.47 bits per heavy atom. The highest BCUT2D eigenvalue weighted by atomic mass is 16.5. The van der Waals surface area contributed by atoms with Crippen LogP contribution in [-0.2, 0) is 9.47 Å². The standard InChI is InChI=1S/C14H23NO4/c1-11(14-5-3-7-19-14)15-8-12(16)9-17-10-13-4-2-6-18-13/h3,5,7,11-13,15-16H,2,4,6,8-10H2,1H3. The molecule has 19 heavy (non-hydrogen) atoms. The lowest BCUT2D eigenvalue weighted by Gasteiger charge is -2.17. The summed E-state index contributed by atoms with van der Waals surface area (Å²) in [6, 6.07) is 3.86. The lowest BCUT2D eigenvalue weighted by molar-refractivity contribution is -0.0169. The van der Waals surface area contributed by atoms with Crippen molar-refractivity contribution in [1.29, 1.82) is 0 Å². The number of furan rings is 1. The van der Waals surface area contributed by atoms with E-state index in [1.807, 2.05) is 19.1 Å². The second-order valence-electron chi connectivity index (χ2n) is 4.97. The Balaban J connectivity index is 1.55. The van der Waals surface area contributed by atoms with Crippen LogP contribution in [0.4, 0.5) is 0 Å². The molecule has 5 heteroatoms. The molecule has 0 spiro atoms. The van der Waals surface area contributed by atoms with E-state index in [9.17, 15) is 5.11 Å². The summed E-state index contributed by atoms with van der Waals surface area (Å²) in [7, 11) is 0. The van der Waals surface area contributed by atoms with Crippen molar-refractivity contribution in [2.45, 2.75) is 38.0 Å². The van der Waals surface area contributed by atoms with Gasteiger partial charge in [0.05, 0.1) is 37.7 Å². The Bertz CT molecular complexity index is 335. The van der Waals surface area contributed by atoms with E-state index in [4.69, 9.17) is 13.9 Å². The van der Waals surface area contributed by atoms with Gasteiger partial charge in [0.1, 0.15) is 5.76 Å². The molecular formula is C14H23NO4. The summed E-state index contributed by atoms with van der Waals surface area (Å²) in [5.74, 6) is 0.868. The van der Waals surface area contributed by atoms with Crippen LogP contribution in [0.1, 0.15) is 31.6 Å². The molecule has 2 N–H and O–H groups in total. The fourth-order valence-electron chi connectivity index (χ4n) is 2.12. The van der Waals surface area contributed by atoms with E-state index in [2.05, 4.69) is 5.32 Å². The van der Waals surface area contributed by atoms with Crippen LogP contribution in [0.25, 0.3) is 0 Å². The molecule has 1 aliphatic heterocycles. The van der Waals surface area contributed by atoms with Gasteiger partial charge >= 0.3 is 0 Å². The Kier molecular flexibility index (Phi) is 5.85. The highest BCUT2D eigenvalue weighted by molar-refractivity contribution is 5.02. The zero-order valence-electron chi connectivity index (χ0n) is 11.4. The average molecular weight is 269 g/mol. The maximum absolute atomic E-state index is 9.81. The van der Waals surface area contributed by atoms with Crippen molar-refractivity contribution in [1.82, 2.24) is 5.32 Å². The molecule has 1 saturated heterocycles. The van der Waals surface area contributed by atoms with Crippen LogP contribution in [0.2, 0.25) is 0 Å². The van der Waals surface area contributed by atoms with Gasteiger partial charge in [0.15, 0.2) is 0 Å². The molecule has 2 rings (SSSR count). The van der Waals surface area contributed by atoms with Crippen LogP contribution in [0.15, 0.2) is 22.8 Å². The van der Waals surface area contributed by atoms with Crippen molar-refractivity contribution in [3.63, 3.8) is 0 Å². The first kappa shape index (κ1) is 14.5. The van der Waals surface area contributed by atoms with Gasteiger partial charge < -0.3 is 24.3 Å². The predicted octanol–water partition coefficient (Wildman–Crippen LogP) is 1.49. The molecule has 108 valence electrons. The van der Waals surface area contributed by atoms with E-state index in [-0.39, 0.29) is 12.1 Å². The molecule has 3 atom stereocenters. The van der Waals surface area contributed by atoms with Gasteiger partial charge in [0, 0.05) is 13.2 Å². The number of rotatable bonds is 8. The van der Waals surface area contributed by atoms with Crippen molar-refractivity contribution in [2.24, 2.45) is 0 Å². The monoisotopic (exact) mass is 269 g/mol. The number of nitrogens with one attached hydrogen (secondary N) is 1. The highest BCUT2D eigenvalue weighted by Gasteiger charge is 2.16. The molecule has 1 fully saturated rings. The summed E-state index contributed by atoms with van der Waals surface area (Å²) in [4.78, 5) is 0. The summed E-state index contributed by atoms with van der Waals surface area (Å²) >= 11 is 0. The molecule has 2 heterocycles. The molecule has 5 nitrogen and oxygen atoms in total. The smallest absolute Gasteiger partial charge is 0.120 e.